The van der Waals surface area contributed by atoms with Crippen molar-refractivity contribution in [2.45, 2.75) is 18.8 Å². The van der Waals surface area contributed by atoms with Crippen molar-refractivity contribution in [1.82, 2.24) is 20.0 Å². The predicted molar refractivity (Wildman–Crippen MR) is 138 cm³/mol. The second-order valence-corrected chi connectivity index (χ2v) is 10.1. The number of carbonyl (C=O) groups is 2. The van der Waals surface area contributed by atoms with Gasteiger partial charge in [0.25, 0.3) is 5.91 Å². The van der Waals surface area contributed by atoms with Gasteiger partial charge in [0.05, 0.1) is 28.4 Å². The number of carbonyl (C=O) groups excluding carboxylic acids is 2. The summed E-state index contributed by atoms with van der Waals surface area (Å²) in [5.74, 6) is -4.01. The number of aryl methyl sites for hydroxylation is 1. The van der Waals surface area contributed by atoms with E-state index >= 15 is 4.39 Å². The number of nitrogens with zero attached hydrogens (tertiary/aromatic N) is 3. The number of fused-ring (bicyclic) bond motifs is 3. The fourth-order valence-electron chi connectivity index (χ4n) is 5.10. The van der Waals surface area contributed by atoms with E-state index in [1.165, 1.54) is 16.8 Å². The molecular formula is C27H21ClF5N5O2. The number of nitrogens with one attached hydrogen (secondary N) is 1. The Kier molecular flexibility index (Phi) is 6.58. The molecule has 0 bridgehead atoms. The lowest BCUT2D eigenvalue weighted by Gasteiger charge is -2.20. The summed E-state index contributed by atoms with van der Waals surface area (Å²) in [6, 6.07) is 4.51. The number of rotatable bonds is 5. The average molecular weight is 578 g/mol. The molecule has 2 heterocycles. The van der Waals surface area contributed by atoms with E-state index in [1.807, 2.05) is 4.90 Å². The second-order valence-electron chi connectivity index (χ2n) is 9.73. The van der Waals surface area contributed by atoms with Gasteiger partial charge in [-0.25, -0.2) is 8.78 Å². The van der Waals surface area contributed by atoms with Gasteiger partial charge < -0.3 is 16.0 Å². The molecule has 3 aromatic carbocycles. The first-order valence-corrected chi connectivity index (χ1v) is 12.2. The summed E-state index contributed by atoms with van der Waals surface area (Å²) < 4.78 is 72.1. The maximum atomic E-state index is 15.7. The van der Waals surface area contributed by atoms with Gasteiger partial charge in [0.1, 0.15) is 17.2 Å². The lowest BCUT2D eigenvalue weighted by atomic mass is 9.85. The molecule has 0 saturated carbocycles. The van der Waals surface area contributed by atoms with E-state index in [2.05, 4.69) is 10.4 Å². The van der Waals surface area contributed by atoms with Gasteiger partial charge in [-0.2, -0.15) is 18.3 Å². The number of primary amides is 1. The van der Waals surface area contributed by atoms with Crippen molar-refractivity contribution in [3.8, 4) is 11.1 Å². The number of alkyl halides is 3. The summed E-state index contributed by atoms with van der Waals surface area (Å²) in [5, 5.41) is 7.69. The molecule has 1 unspecified atom stereocenters. The number of hydrogen-bond acceptors (Lipinski definition) is 4. The quantitative estimate of drug-likeness (QED) is 0.320. The van der Waals surface area contributed by atoms with Crippen LogP contribution in [0.25, 0.3) is 22.0 Å². The highest BCUT2D eigenvalue weighted by atomic mass is 35.5. The van der Waals surface area contributed by atoms with E-state index in [0.29, 0.717) is 23.7 Å². The van der Waals surface area contributed by atoms with E-state index in [0.717, 1.165) is 12.1 Å². The summed E-state index contributed by atoms with van der Waals surface area (Å²) >= 11 is 6.36. The summed E-state index contributed by atoms with van der Waals surface area (Å²) in [7, 11) is 5.23. The third-order valence-electron chi connectivity index (χ3n) is 6.77. The topological polar surface area (TPSA) is 93.2 Å². The first-order valence-electron chi connectivity index (χ1n) is 11.8. The van der Waals surface area contributed by atoms with Gasteiger partial charge in [0.15, 0.2) is 0 Å². The van der Waals surface area contributed by atoms with Crippen LogP contribution < -0.4 is 11.1 Å². The third-order valence-corrected chi connectivity index (χ3v) is 7.11. The summed E-state index contributed by atoms with van der Waals surface area (Å²) in [4.78, 5) is 27.7. The Labute approximate surface area is 229 Å². The molecule has 40 heavy (non-hydrogen) atoms. The molecule has 5 rings (SSSR count). The van der Waals surface area contributed by atoms with Crippen molar-refractivity contribution in [3.63, 3.8) is 0 Å². The number of aromatic nitrogens is 2. The molecule has 0 radical (unpaired) electrons. The molecule has 208 valence electrons. The highest BCUT2D eigenvalue weighted by Crippen LogP contribution is 2.46. The van der Waals surface area contributed by atoms with Crippen molar-refractivity contribution in [3.05, 3.63) is 86.6 Å². The molecule has 1 aliphatic rings. The van der Waals surface area contributed by atoms with E-state index in [-0.39, 0.29) is 38.9 Å². The molecule has 4 aromatic rings. The standard InChI is InChI=1S/C27H21ClF5N5O2/c1-37(2)10-19-14-9-15(20-16(25(34)39)6-11(7-18(20)30)27(31,32)33)21-22(24(14)36-38(19)3)26(40)35-23(21)13-8-12(29)4-5-17(13)28/h4-9,23H,10H2,1-3H3,(H2,34,39)(H,35,40). The van der Waals surface area contributed by atoms with Crippen molar-refractivity contribution in [1.29, 1.82) is 0 Å². The molecule has 1 aromatic heterocycles. The van der Waals surface area contributed by atoms with Crippen LogP contribution in [-0.4, -0.2) is 40.6 Å². The maximum Gasteiger partial charge on any atom is 0.416 e. The van der Waals surface area contributed by atoms with E-state index < -0.39 is 52.4 Å². The van der Waals surface area contributed by atoms with Gasteiger partial charge >= 0.3 is 6.18 Å². The first-order chi connectivity index (χ1) is 18.7. The minimum Gasteiger partial charge on any atom is -0.366 e. The molecule has 13 heteroatoms. The minimum absolute atomic E-state index is 0.00634. The Balaban J connectivity index is 1.94. The maximum absolute atomic E-state index is 15.7. The lowest BCUT2D eigenvalue weighted by Crippen LogP contribution is -2.21. The Bertz CT molecular complexity index is 1730. The van der Waals surface area contributed by atoms with Gasteiger partial charge in [-0.05, 0) is 56.1 Å². The monoisotopic (exact) mass is 577 g/mol. The summed E-state index contributed by atoms with van der Waals surface area (Å²) in [5.41, 5.74) is 3.71. The van der Waals surface area contributed by atoms with E-state index in [4.69, 9.17) is 17.3 Å². The second kappa shape index (κ2) is 9.56. The molecular weight excluding hydrogens is 557 g/mol. The molecule has 1 aliphatic heterocycles. The molecule has 3 N–H and O–H groups in total. The number of benzene rings is 3. The van der Waals surface area contributed by atoms with Crippen LogP contribution >= 0.6 is 11.6 Å². The fraction of sp³-hybridized carbons (Fsp3) is 0.222. The number of amides is 2. The van der Waals surface area contributed by atoms with Gasteiger partial charge in [0, 0.05) is 40.7 Å². The van der Waals surface area contributed by atoms with Crippen LogP contribution in [0.1, 0.15) is 49.1 Å². The van der Waals surface area contributed by atoms with Crippen molar-refractivity contribution < 1.29 is 31.5 Å². The number of halogens is 6. The van der Waals surface area contributed by atoms with Crippen molar-refractivity contribution in [2.24, 2.45) is 12.8 Å². The average Bonchev–Trinajstić information content (AvgIpc) is 3.35. The van der Waals surface area contributed by atoms with Crippen LogP contribution in [0.15, 0.2) is 36.4 Å². The summed E-state index contributed by atoms with van der Waals surface area (Å²) in [6.45, 7) is 0.337. The molecule has 1 atom stereocenters. The van der Waals surface area contributed by atoms with E-state index in [1.54, 1.807) is 21.1 Å². The van der Waals surface area contributed by atoms with Crippen LogP contribution in [0.3, 0.4) is 0 Å². The number of nitrogens with two attached hydrogens (primary N) is 1. The normalized spacial score (nSPS) is 15.2. The van der Waals surface area contributed by atoms with Gasteiger partial charge in [-0.1, -0.05) is 11.6 Å². The zero-order valence-electron chi connectivity index (χ0n) is 21.3. The smallest absolute Gasteiger partial charge is 0.366 e. The van der Waals surface area contributed by atoms with Gasteiger partial charge in [-0.3, -0.25) is 14.3 Å². The zero-order valence-corrected chi connectivity index (χ0v) is 22.0. The molecule has 0 spiro atoms. The Hall–Kier alpha value is -4.03. The van der Waals surface area contributed by atoms with Crippen LogP contribution in [-0.2, 0) is 19.8 Å². The Morgan fingerprint density at radius 2 is 1.85 bits per heavy atom. The first kappa shape index (κ1) is 27.5. The highest BCUT2D eigenvalue weighted by Gasteiger charge is 2.40. The molecule has 0 saturated heterocycles. The fourth-order valence-corrected chi connectivity index (χ4v) is 5.33. The Morgan fingerprint density at radius 1 is 1.15 bits per heavy atom. The van der Waals surface area contributed by atoms with Crippen LogP contribution in [0.2, 0.25) is 5.02 Å². The predicted octanol–water partition coefficient (Wildman–Crippen LogP) is 5.18. The minimum atomic E-state index is -4.97. The van der Waals surface area contributed by atoms with Crippen molar-refractivity contribution in [2.75, 3.05) is 14.1 Å². The SMILES string of the molecule is CN(C)Cc1c2cc(-c3c(F)cc(C(F)(F)F)cc3C(N)=O)c3c(c2nn1C)C(=O)NC3c1cc(F)ccc1Cl. The third kappa shape index (κ3) is 4.46. The zero-order chi connectivity index (χ0) is 29.3. The van der Waals surface area contributed by atoms with Crippen LogP contribution in [0.4, 0.5) is 22.0 Å². The molecule has 2 amide bonds. The number of hydrogen-bond donors (Lipinski definition) is 2. The van der Waals surface area contributed by atoms with Crippen molar-refractivity contribution >= 4 is 34.3 Å². The summed E-state index contributed by atoms with van der Waals surface area (Å²) in [6.07, 6.45) is -4.97. The molecule has 7 nitrogen and oxygen atoms in total. The Morgan fingerprint density at radius 3 is 2.48 bits per heavy atom. The van der Waals surface area contributed by atoms with Gasteiger partial charge in [0.2, 0.25) is 5.91 Å². The van der Waals surface area contributed by atoms with Crippen LogP contribution in [0, 0.1) is 11.6 Å². The molecule has 0 fully saturated rings. The van der Waals surface area contributed by atoms with Crippen LogP contribution in [0.5, 0.6) is 0 Å². The van der Waals surface area contributed by atoms with Gasteiger partial charge in [-0.15, -0.1) is 0 Å². The lowest BCUT2D eigenvalue weighted by molar-refractivity contribution is -0.137. The highest BCUT2D eigenvalue weighted by molar-refractivity contribution is 6.31. The molecule has 0 aliphatic carbocycles. The van der Waals surface area contributed by atoms with E-state index in [9.17, 15) is 27.2 Å². The largest absolute Gasteiger partial charge is 0.416 e.